The Balaban J connectivity index is 0.000000461. The Labute approximate surface area is 179 Å². The summed E-state index contributed by atoms with van der Waals surface area (Å²) >= 11 is 0. The van der Waals surface area contributed by atoms with Crippen LogP contribution in [0.3, 0.4) is 0 Å². The van der Waals surface area contributed by atoms with Gasteiger partial charge < -0.3 is 9.90 Å². The standard InChI is InChI=1S/C24H20P.C3H6O2/c1-5-13-21(14-6-1)25(22-15-7-2-8-16-22,23-17-9-3-10-18-23)24-19-11-4-12-20-24;1-2-3(4)5/h1-20H;2H2,1H3,(H,4,5)/q+1;/p-1. The fourth-order valence-electron chi connectivity index (χ4n) is 3.50. The maximum absolute atomic E-state index is 9.26. The largest absolute Gasteiger partial charge is 0.550 e. The van der Waals surface area contributed by atoms with Gasteiger partial charge >= 0.3 is 0 Å². The van der Waals surface area contributed by atoms with Crippen LogP contribution in [-0.2, 0) is 4.79 Å². The molecule has 0 N–H and O–H groups in total. The lowest BCUT2D eigenvalue weighted by atomic mass is 10.3. The molecule has 4 aromatic carbocycles. The molecule has 150 valence electrons. The van der Waals surface area contributed by atoms with E-state index < -0.39 is 13.2 Å². The van der Waals surface area contributed by atoms with Gasteiger partial charge in [0.05, 0.1) is 0 Å². The Morgan fingerprint density at radius 3 is 0.933 bits per heavy atom. The van der Waals surface area contributed by atoms with E-state index in [4.69, 9.17) is 0 Å². The van der Waals surface area contributed by atoms with Gasteiger partial charge in [-0.15, -0.1) is 0 Å². The monoisotopic (exact) mass is 412 g/mol. The summed E-state index contributed by atoms with van der Waals surface area (Å²) in [4.78, 5) is 9.26. The van der Waals surface area contributed by atoms with Crippen LogP contribution >= 0.6 is 7.26 Å². The molecule has 0 atom stereocenters. The van der Waals surface area contributed by atoms with Crippen LogP contribution in [0.25, 0.3) is 0 Å². The number of benzene rings is 4. The van der Waals surface area contributed by atoms with Crippen LogP contribution in [-0.4, -0.2) is 5.97 Å². The highest BCUT2D eigenvalue weighted by Gasteiger charge is 2.47. The Morgan fingerprint density at radius 2 is 0.767 bits per heavy atom. The van der Waals surface area contributed by atoms with Crippen LogP contribution in [0.15, 0.2) is 121 Å². The zero-order valence-corrected chi connectivity index (χ0v) is 17.9. The van der Waals surface area contributed by atoms with E-state index in [0.29, 0.717) is 0 Å². The minimum atomic E-state index is -1.91. The molecule has 0 aliphatic carbocycles. The Hall–Kier alpha value is -3.22. The molecule has 0 spiro atoms. The number of aliphatic carboxylic acids is 1. The number of carbonyl (C=O) groups excluding carboxylic acids is 1. The quantitative estimate of drug-likeness (QED) is 0.471. The van der Waals surface area contributed by atoms with Gasteiger partial charge in [0, 0.05) is 5.97 Å². The maximum Gasteiger partial charge on any atom is 0.144 e. The van der Waals surface area contributed by atoms with Crippen molar-refractivity contribution in [2.24, 2.45) is 0 Å². The van der Waals surface area contributed by atoms with Crippen LogP contribution in [0, 0.1) is 0 Å². The molecular weight excluding hydrogens is 387 g/mol. The summed E-state index contributed by atoms with van der Waals surface area (Å²) < 4.78 is 0. The van der Waals surface area contributed by atoms with Crippen molar-refractivity contribution in [3.8, 4) is 0 Å². The molecule has 0 saturated heterocycles. The summed E-state index contributed by atoms with van der Waals surface area (Å²) in [5, 5.41) is 14.8. The third kappa shape index (κ3) is 4.67. The van der Waals surface area contributed by atoms with Crippen molar-refractivity contribution in [2.45, 2.75) is 13.3 Å². The van der Waals surface area contributed by atoms with E-state index in [9.17, 15) is 9.90 Å². The van der Waals surface area contributed by atoms with Crippen molar-refractivity contribution in [3.63, 3.8) is 0 Å². The average Bonchev–Trinajstić information content (AvgIpc) is 2.83. The third-order valence-corrected chi connectivity index (χ3v) is 9.15. The van der Waals surface area contributed by atoms with E-state index in [1.165, 1.54) is 28.1 Å². The third-order valence-electron chi connectivity index (χ3n) is 4.86. The normalized spacial score (nSPS) is 10.6. The molecule has 0 fully saturated rings. The first-order valence-corrected chi connectivity index (χ1v) is 11.8. The second-order valence-corrected chi connectivity index (χ2v) is 10.1. The predicted octanol–water partition coefficient (Wildman–Crippen LogP) is 3.45. The molecule has 30 heavy (non-hydrogen) atoms. The van der Waals surface area contributed by atoms with Crippen molar-refractivity contribution in [2.75, 3.05) is 0 Å². The molecular formula is C27H25O2P. The summed E-state index contributed by atoms with van der Waals surface area (Å²) in [6, 6.07) is 43.8. The number of hydrogen-bond donors (Lipinski definition) is 0. The van der Waals surface area contributed by atoms with Crippen molar-refractivity contribution in [1.82, 2.24) is 0 Å². The summed E-state index contributed by atoms with van der Waals surface area (Å²) in [6.07, 6.45) is 0.111. The highest BCUT2D eigenvalue weighted by atomic mass is 31.2. The Morgan fingerprint density at radius 1 is 0.567 bits per heavy atom. The summed E-state index contributed by atoms with van der Waals surface area (Å²) in [5.41, 5.74) is 0. The average molecular weight is 412 g/mol. The predicted molar refractivity (Wildman–Crippen MR) is 127 cm³/mol. The first-order chi connectivity index (χ1) is 14.7. The fourth-order valence-corrected chi connectivity index (χ4v) is 7.77. The number of rotatable bonds is 5. The minimum Gasteiger partial charge on any atom is -0.550 e. The van der Waals surface area contributed by atoms with Crippen LogP contribution in [0.1, 0.15) is 13.3 Å². The molecule has 0 radical (unpaired) electrons. The van der Waals surface area contributed by atoms with Crippen molar-refractivity contribution in [3.05, 3.63) is 121 Å². The zero-order chi connectivity index (χ0) is 21.2. The molecule has 4 rings (SSSR count). The molecule has 0 aliphatic rings. The molecule has 0 aliphatic heterocycles. The molecule has 0 saturated carbocycles. The second kappa shape index (κ2) is 10.5. The van der Waals surface area contributed by atoms with Gasteiger partial charge in [-0.05, 0) is 55.0 Å². The van der Waals surface area contributed by atoms with Crippen LogP contribution in [0.2, 0.25) is 0 Å². The van der Waals surface area contributed by atoms with Gasteiger partial charge in [-0.1, -0.05) is 79.7 Å². The van der Waals surface area contributed by atoms with Gasteiger partial charge in [-0.3, -0.25) is 0 Å². The van der Waals surface area contributed by atoms with Crippen molar-refractivity contribution < 1.29 is 9.90 Å². The zero-order valence-electron chi connectivity index (χ0n) is 17.0. The van der Waals surface area contributed by atoms with Gasteiger partial charge in [0.1, 0.15) is 28.5 Å². The van der Waals surface area contributed by atoms with Gasteiger partial charge in [0.15, 0.2) is 0 Å². The van der Waals surface area contributed by atoms with E-state index in [1.54, 1.807) is 0 Å². The lowest BCUT2D eigenvalue weighted by Gasteiger charge is -2.27. The second-order valence-electron chi connectivity index (χ2n) is 6.74. The lowest BCUT2D eigenvalue weighted by Crippen LogP contribution is -2.38. The SMILES string of the molecule is CCC(=O)[O-].c1ccc([P+](c2ccccc2)(c2ccccc2)c2ccccc2)cc1. The number of carboxylic acid groups (broad SMARTS) is 1. The molecule has 0 unspecified atom stereocenters. The smallest absolute Gasteiger partial charge is 0.144 e. The topological polar surface area (TPSA) is 40.1 Å². The van der Waals surface area contributed by atoms with E-state index in [1.807, 2.05) is 0 Å². The van der Waals surface area contributed by atoms with Crippen LogP contribution < -0.4 is 26.3 Å². The Kier molecular flexibility index (Phi) is 7.54. The van der Waals surface area contributed by atoms with Crippen molar-refractivity contribution in [1.29, 1.82) is 0 Å². The number of carbonyl (C=O) groups is 1. The summed E-state index contributed by atoms with van der Waals surface area (Å²) in [5.74, 6) is -0.995. The molecule has 2 nitrogen and oxygen atoms in total. The summed E-state index contributed by atoms with van der Waals surface area (Å²) in [6.45, 7) is 1.54. The van der Waals surface area contributed by atoms with E-state index in [0.717, 1.165) is 0 Å². The molecule has 0 aromatic heterocycles. The van der Waals surface area contributed by atoms with Crippen LogP contribution in [0.4, 0.5) is 0 Å². The van der Waals surface area contributed by atoms with Crippen molar-refractivity contribution >= 4 is 34.4 Å². The first-order valence-electron chi connectivity index (χ1n) is 10.0. The molecule has 4 aromatic rings. The van der Waals surface area contributed by atoms with E-state index in [-0.39, 0.29) is 6.42 Å². The van der Waals surface area contributed by atoms with E-state index >= 15 is 0 Å². The summed E-state index contributed by atoms with van der Waals surface area (Å²) in [7, 11) is -1.91. The lowest BCUT2D eigenvalue weighted by molar-refractivity contribution is -0.305. The van der Waals surface area contributed by atoms with Crippen LogP contribution in [0.5, 0.6) is 0 Å². The number of carboxylic acids is 1. The van der Waals surface area contributed by atoms with E-state index in [2.05, 4.69) is 121 Å². The van der Waals surface area contributed by atoms with Gasteiger partial charge in [-0.2, -0.15) is 0 Å². The highest BCUT2D eigenvalue weighted by molar-refractivity contribution is 8.01. The maximum atomic E-state index is 9.26. The minimum absolute atomic E-state index is 0.111. The van der Waals surface area contributed by atoms with Gasteiger partial charge in [-0.25, -0.2) is 0 Å². The Bertz CT molecular complexity index is 870. The fraction of sp³-hybridized carbons (Fsp3) is 0.0741. The molecule has 0 bridgehead atoms. The highest BCUT2D eigenvalue weighted by Crippen LogP contribution is 2.53. The number of hydrogen-bond acceptors (Lipinski definition) is 2. The first kappa shape index (κ1) is 21.5. The van der Waals surface area contributed by atoms with Gasteiger partial charge in [0.25, 0.3) is 0 Å². The molecule has 3 heteroatoms. The molecule has 0 amide bonds. The molecule has 0 heterocycles. The van der Waals surface area contributed by atoms with Gasteiger partial charge in [0.2, 0.25) is 0 Å².